The maximum absolute atomic E-state index is 6.35. The van der Waals surface area contributed by atoms with E-state index in [2.05, 4.69) is 39.9 Å². The number of nitrogens with zero attached hydrogens (tertiary/aromatic N) is 2. The van der Waals surface area contributed by atoms with E-state index in [0.717, 1.165) is 41.8 Å². The van der Waals surface area contributed by atoms with Crippen molar-refractivity contribution in [3.63, 3.8) is 0 Å². The van der Waals surface area contributed by atoms with Gasteiger partial charge in [-0.1, -0.05) is 29.3 Å². The van der Waals surface area contributed by atoms with Crippen molar-refractivity contribution in [3.8, 4) is 0 Å². The lowest BCUT2D eigenvalue weighted by molar-refractivity contribution is -0.641. The normalized spacial score (nSPS) is 13.0. The number of aromatic nitrogens is 1. The fourth-order valence-corrected chi connectivity index (χ4v) is 4.88. The minimum atomic E-state index is 0. The Bertz CT molecular complexity index is 890. The summed E-state index contributed by atoms with van der Waals surface area (Å²) >= 11 is 14.5. The molecule has 0 saturated carbocycles. The molecule has 0 atom stereocenters. The van der Waals surface area contributed by atoms with Crippen LogP contribution in [0.5, 0.6) is 0 Å². The number of anilines is 2. The van der Waals surface area contributed by atoms with Gasteiger partial charge in [-0.3, -0.25) is 0 Å². The Hall–Kier alpha value is -1.20. The Balaban J connectivity index is 0.00000182. The first-order valence-corrected chi connectivity index (χ1v) is 9.62. The van der Waals surface area contributed by atoms with Gasteiger partial charge in [-0.2, -0.15) is 0 Å². The first kappa shape index (κ1) is 18.6. The van der Waals surface area contributed by atoms with Crippen molar-refractivity contribution >= 4 is 55.6 Å². The number of benzene rings is 2. The van der Waals surface area contributed by atoms with Crippen molar-refractivity contribution in [1.82, 2.24) is 0 Å². The molecule has 132 valence electrons. The van der Waals surface area contributed by atoms with Crippen LogP contribution in [0.1, 0.15) is 12.5 Å². The first-order valence-electron chi connectivity index (χ1n) is 8.05. The molecule has 0 radical (unpaired) electrons. The van der Waals surface area contributed by atoms with E-state index in [1.807, 2.05) is 29.5 Å². The van der Waals surface area contributed by atoms with E-state index in [1.54, 1.807) is 0 Å². The standard InChI is InChI=1S/C18H18Cl2N3S.ClH/c1-2-21-12-6-7-17-16(10-12)23-9-8-22(18(23)24-17)11-13-14(19)4-3-5-15(13)20;/h3-7,10,21H,2,8-9,11H2,1H3;1H/q+1;/p-1. The Morgan fingerprint density at radius 3 is 2.68 bits per heavy atom. The number of hydrogen-bond acceptors (Lipinski definition) is 3. The van der Waals surface area contributed by atoms with Crippen molar-refractivity contribution in [2.45, 2.75) is 20.0 Å². The van der Waals surface area contributed by atoms with Crippen molar-refractivity contribution in [2.75, 3.05) is 23.3 Å². The molecule has 4 rings (SSSR count). The van der Waals surface area contributed by atoms with Crippen molar-refractivity contribution in [1.29, 1.82) is 0 Å². The Morgan fingerprint density at radius 1 is 1.20 bits per heavy atom. The predicted octanol–water partition coefficient (Wildman–Crippen LogP) is 1.95. The van der Waals surface area contributed by atoms with Crippen LogP contribution < -0.4 is 27.2 Å². The van der Waals surface area contributed by atoms with Crippen LogP contribution in [-0.2, 0) is 13.1 Å². The fourth-order valence-electron chi connectivity index (χ4n) is 3.17. The Morgan fingerprint density at radius 2 is 1.96 bits per heavy atom. The van der Waals surface area contributed by atoms with E-state index in [-0.39, 0.29) is 12.4 Å². The summed E-state index contributed by atoms with van der Waals surface area (Å²) in [6.07, 6.45) is 0. The highest BCUT2D eigenvalue weighted by atomic mass is 35.5. The number of thiazole rings is 1. The molecule has 1 aliphatic rings. The SMILES string of the molecule is CCNc1ccc2sc3[n+](c2c1)CCN3Cc1c(Cl)cccc1Cl.[Cl-]. The van der Waals surface area contributed by atoms with Gasteiger partial charge in [-0.05, 0) is 42.5 Å². The lowest BCUT2D eigenvalue weighted by Gasteiger charge is -2.11. The maximum atomic E-state index is 6.35. The van der Waals surface area contributed by atoms with E-state index < -0.39 is 0 Å². The predicted molar refractivity (Wildman–Crippen MR) is 104 cm³/mol. The van der Waals surface area contributed by atoms with Crippen LogP contribution in [0.2, 0.25) is 10.0 Å². The van der Waals surface area contributed by atoms with Crippen molar-refractivity contribution < 1.29 is 17.0 Å². The molecule has 1 aliphatic heterocycles. The maximum Gasteiger partial charge on any atom is 0.337 e. The molecule has 0 unspecified atom stereocenters. The molecule has 2 heterocycles. The molecule has 0 bridgehead atoms. The van der Waals surface area contributed by atoms with Crippen LogP contribution in [0.15, 0.2) is 36.4 Å². The molecule has 0 spiro atoms. The second-order valence-corrected chi connectivity index (χ2v) is 7.69. The quantitative estimate of drug-likeness (QED) is 0.658. The third-order valence-corrected chi connectivity index (χ3v) is 6.27. The molecule has 0 amide bonds. The summed E-state index contributed by atoms with van der Waals surface area (Å²) < 4.78 is 3.70. The molecule has 1 N–H and O–H groups in total. The number of nitrogens with one attached hydrogen (secondary N) is 1. The average Bonchev–Trinajstić information content (AvgIpc) is 3.11. The molecule has 3 nitrogen and oxygen atoms in total. The summed E-state index contributed by atoms with van der Waals surface area (Å²) in [6, 6.07) is 12.3. The minimum absolute atomic E-state index is 0. The third kappa shape index (κ3) is 3.41. The van der Waals surface area contributed by atoms with Crippen LogP contribution in [0.4, 0.5) is 10.8 Å². The zero-order valence-corrected chi connectivity index (χ0v) is 16.8. The van der Waals surface area contributed by atoms with Gasteiger partial charge in [0.1, 0.15) is 25.2 Å². The summed E-state index contributed by atoms with van der Waals surface area (Å²) in [6.45, 7) is 5.76. The molecule has 0 saturated heterocycles. The number of rotatable bonds is 4. The van der Waals surface area contributed by atoms with E-state index in [1.165, 1.54) is 21.0 Å². The lowest BCUT2D eigenvalue weighted by Crippen LogP contribution is -3.00. The van der Waals surface area contributed by atoms with Gasteiger partial charge in [0.25, 0.3) is 0 Å². The summed E-state index contributed by atoms with van der Waals surface area (Å²) in [5, 5.41) is 6.13. The van der Waals surface area contributed by atoms with Gasteiger partial charge in [-0.15, -0.1) is 0 Å². The summed E-state index contributed by atoms with van der Waals surface area (Å²) in [5.74, 6) is 0. The molecule has 0 aliphatic carbocycles. The molecule has 7 heteroatoms. The van der Waals surface area contributed by atoms with Crippen LogP contribution in [0.3, 0.4) is 0 Å². The van der Waals surface area contributed by atoms with Gasteiger partial charge in [0, 0.05) is 33.9 Å². The second-order valence-electron chi connectivity index (χ2n) is 5.87. The van der Waals surface area contributed by atoms with Crippen LogP contribution in [0.25, 0.3) is 10.2 Å². The van der Waals surface area contributed by atoms with Gasteiger partial charge in [0.2, 0.25) is 0 Å². The van der Waals surface area contributed by atoms with Gasteiger partial charge in [0.05, 0.1) is 4.70 Å². The largest absolute Gasteiger partial charge is 1.00 e. The molecule has 3 aromatic rings. The highest BCUT2D eigenvalue weighted by Gasteiger charge is 2.33. The van der Waals surface area contributed by atoms with Crippen LogP contribution in [-0.4, -0.2) is 13.1 Å². The highest BCUT2D eigenvalue weighted by molar-refractivity contribution is 7.21. The monoisotopic (exact) mass is 413 g/mol. The topological polar surface area (TPSA) is 19.1 Å². The molecule has 0 fully saturated rings. The molecular weight excluding hydrogens is 397 g/mol. The van der Waals surface area contributed by atoms with Gasteiger partial charge >= 0.3 is 5.13 Å². The van der Waals surface area contributed by atoms with Crippen molar-refractivity contribution in [2.24, 2.45) is 0 Å². The van der Waals surface area contributed by atoms with E-state index in [9.17, 15) is 0 Å². The highest BCUT2D eigenvalue weighted by Crippen LogP contribution is 2.34. The lowest BCUT2D eigenvalue weighted by atomic mass is 10.2. The molecule has 2 aromatic carbocycles. The minimum Gasteiger partial charge on any atom is -1.00 e. The molecular formula is C18H18Cl3N3S. The molecule has 1 aromatic heterocycles. The number of fused-ring (bicyclic) bond motifs is 3. The van der Waals surface area contributed by atoms with Crippen molar-refractivity contribution in [3.05, 3.63) is 52.0 Å². The van der Waals surface area contributed by atoms with Gasteiger partial charge in [0.15, 0.2) is 0 Å². The smallest absolute Gasteiger partial charge is 0.337 e. The van der Waals surface area contributed by atoms with E-state index in [0.29, 0.717) is 0 Å². The zero-order valence-electron chi connectivity index (χ0n) is 13.7. The fraction of sp³-hybridized carbons (Fsp3) is 0.278. The number of halogens is 3. The summed E-state index contributed by atoms with van der Waals surface area (Å²) in [5.41, 5.74) is 3.46. The van der Waals surface area contributed by atoms with Gasteiger partial charge in [-0.25, -0.2) is 9.47 Å². The molecule has 25 heavy (non-hydrogen) atoms. The van der Waals surface area contributed by atoms with Gasteiger partial charge < -0.3 is 17.7 Å². The summed E-state index contributed by atoms with van der Waals surface area (Å²) in [4.78, 5) is 2.37. The zero-order chi connectivity index (χ0) is 16.7. The Kier molecular flexibility index (Phi) is 5.64. The second kappa shape index (κ2) is 7.58. The average molecular weight is 415 g/mol. The van der Waals surface area contributed by atoms with Crippen LogP contribution in [0, 0.1) is 0 Å². The van der Waals surface area contributed by atoms with Crippen LogP contribution >= 0.6 is 34.5 Å². The number of hydrogen-bond donors (Lipinski definition) is 1. The van der Waals surface area contributed by atoms with E-state index >= 15 is 0 Å². The Labute approximate surface area is 167 Å². The first-order chi connectivity index (χ1) is 11.7. The summed E-state index contributed by atoms with van der Waals surface area (Å²) in [7, 11) is 0. The third-order valence-electron chi connectivity index (χ3n) is 4.34. The van der Waals surface area contributed by atoms with E-state index in [4.69, 9.17) is 23.2 Å².